The lowest BCUT2D eigenvalue weighted by Crippen LogP contribution is -2.19. The van der Waals surface area contributed by atoms with Crippen LogP contribution in [-0.4, -0.2) is 22.0 Å². The Labute approximate surface area is 97.3 Å². The van der Waals surface area contributed by atoms with E-state index in [1.807, 2.05) is 0 Å². The molecule has 0 aromatic carbocycles. The first-order chi connectivity index (χ1) is 7.71. The molecule has 1 aromatic heterocycles. The van der Waals surface area contributed by atoms with E-state index >= 15 is 0 Å². The van der Waals surface area contributed by atoms with Crippen LogP contribution >= 0.6 is 11.3 Å². The molecule has 0 bridgehead atoms. The third kappa shape index (κ3) is 3.41. The first-order valence-corrected chi connectivity index (χ1v) is 5.08. The van der Waals surface area contributed by atoms with Crippen LogP contribution in [-0.2, 0) is 17.5 Å². The van der Waals surface area contributed by atoms with Crippen molar-refractivity contribution in [1.82, 2.24) is 10.3 Å². The van der Waals surface area contributed by atoms with Gasteiger partial charge in [0.05, 0.1) is 6.54 Å². The average molecular weight is 268 g/mol. The molecule has 2 N–H and O–H groups in total. The Balaban J connectivity index is 3.04. The number of carboxylic acid groups (broad SMARTS) is 1. The maximum absolute atomic E-state index is 12.4. The second-order valence-corrected chi connectivity index (χ2v) is 4.08. The van der Waals surface area contributed by atoms with Crippen LogP contribution < -0.4 is 5.32 Å². The van der Waals surface area contributed by atoms with E-state index in [0.717, 1.165) is 0 Å². The van der Waals surface area contributed by atoms with Gasteiger partial charge in [-0.1, -0.05) is 0 Å². The highest BCUT2D eigenvalue weighted by Gasteiger charge is 2.39. The van der Waals surface area contributed by atoms with Crippen LogP contribution in [0.2, 0.25) is 0 Å². The molecule has 0 unspecified atom stereocenters. The predicted molar refractivity (Wildman–Crippen MR) is 51.6 cm³/mol. The van der Waals surface area contributed by atoms with E-state index in [-0.39, 0.29) is 11.6 Å². The summed E-state index contributed by atoms with van der Waals surface area (Å²) in [7, 11) is 0. The number of thiazole rings is 1. The molecule has 0 aliphatic rings. The van der Waals surface area contributed by atoms with E-state index in [4.69, 9.17) is 5.11 Å². The van der Waals surface area contributed by atoms with Crippen molar-refractivity contribution in [2.75, 3.05) is 0 Å². The number of nitrogens with one attached hydrogen (secondary N) is 1. The van der Waals surface area contributed by atoms with Crippen LogP contribution in [0.3, 0.4) is 0 Å². The summed E-state index contributed by atoms with van der Waals surface area (Å²) in [5, 5.41) is 10.7. The Morgan fingerprint density at radius 2 is 2.06 bits per heavy atom. The first-order valence-electron chi connectivity index (χ1n) is 4.26. The quantitative estimate of drug-likeness (QED) is 0.870. The number of carboxylic acids is 1. The van der Waals surface area contributed by atoms with E-state index in [2.05, 4.69) is 10.3 Å². The molecule has 94 valence electrons. The smallest absolute Gasteiger partial charge is 0.435 e. The molecular formula is C8H7F3N2O3S. The third-order valence-electron chi connectivity index (χ3n) is 1.62. The predicted octanol–water partition coefficient (Wildman–Crippen LogP) is 1.50. The molecular weight excluding hydrogens is 261 g/mol. The molecule has 0 saturated carbocycles. The Bertz CT molecular complexity index is 455. The molecule has 1 amide bonds. The summed E-state index contributed by atoms with van der Waals surface area (Å²) in [6.45, 7) is 0.965. The zero-order valence-corrected chi connectivity index (χ0v) is 9.28. The Morgan fingerprint density at radius 1 is 1.47 bits per heavy atom. The Kier molecular flexibility index (Phi) is 3.71. The highest BCUT2D eigenvalue weighted by molar-refractivity contribution is 7.13. The second kappa shape index (κ2) is 4.70. The van der Waals surface area contributed by atoms with Gasteiger partial charge in [0.25, 0.3) is 0 Å². The number of rotatable bonds is 3. The molecule has 1 rings (SSSR count). The summed E-state index contributed by atoms with van der Waals surface area (Å²) in [5.41, 5.74) is -1.43. The van der Waals surface area contributed by atoms with Crippen molar-refractivity contribution in [2.24, 2.45) is 0 Å². The third-order valence-corrected chi connectivity index (χ3v) is 2.67. The minimum absolute atomic E-state index is 0.107. The summed E-state index contributed by atoms with van der Waals surface area (Å²) in [4.78, 5) is 23.5. The zero-order chi connectivity index (χ0) is 13.2. The molecule has 0 radical (unpaired) electrons. The lowest BCUT2D eigenvalue weighted by Gasteiger charge is -2.02. The number of aromatic carboxylic acids is 1. The van der Waals surface area contributed by atoms with Crippen LogP contribution in [0.25, 0.3) is 0 Å². The lowest BCUT2D eigenvalue weighted by molar-refractivity contribution is -0.141. The van der Waals surface area contributed by atoms with Crippen LogP contribution in [0.4, 0.5) is 13.2 Å². The fraction of sp³-hybridized carbons (Fsp3) is 0.375. The van der Waals surface area contributed by atoms with Gasteiger partial charge in [-0.25, -0.2) is 9.78 Å². The Hall–Kier alpha value is -1.64. The summed E-state index contributed by atoms with van der Waals surface area (Å²) in [6, 6.07) is 0. The molecule has 0 spiro atoms. The number of hydrogen-bond acceptors (Lipinski definition) is 4. The van der Waals surface area contributed by atoms with Crippen molar-refractivity contribution in [3.05, 3.63) is 15.6 Å². The molecule has 0 atom stereocenters. The number of alkyl halides is 3. The van der Waals surface area contributed by atoms with Crippen LogP contribution in [0.1, 0.15) is 27.3 Å². The highest BCUT2D eigenvalue weighted by atomic mass is 32.1. The van der Waals surface area contributed by atoms with Crippen LogP contribution in [0, 0.1) is 0 Å². The topological polar surface area (TPSA) is 79.3 Å². The molecule has 1 aromatic rings. The van der Waals surface area contributed by atoms with Gasteiger partial charge in [0, 0.05) is 6.92 Å². The van der Waals surface area contributed by atoms with Gasteiger partial charge in [-0.3, -0.25) is 4.79 Å². The van der Waals surface area contributed by atoms with Gasteiger partial charge in [-0.05, 0) is 0 Å². The monoisotopic (exact) mass is 268 g/mol. The minimum Gasteiger partial charge on any atom is -0.477 e. The fourth-order valence-electron chi connectivity index (χ4n) is 0.977. The van der Waals surface area contributed by atoms with Crippen molar-refractivity contribution < 1.29 is 27.9 Å². The van der Waals surface area contributed by atoms with Crippen molar-refractivity contribution in [2.45, 2.75) is 19.6 Å². The van der Waals surface area contributed by atoms with Gasteiger partial charge in [0.2, 0.25) is 5.91 Å². The molecule has 9 heteroatoms. The molecule has 0 aliphatic carbocycles. The van der Waals surface area contributed by atoms with Gasteiger partial charge in [0.15, 0.2) is 5.69 Å². The maximum atomic E-state index is 12.4. The number of carbonyl (C=O) groups excluding carboxylic acids is 1. The fourth-order valence-corrected chi connectivity index (χ4v) is 1.84. The summed E-state index contributed by atoms with van der Waals surface area (Å²) in [5.74, 6) is -2.13. The summed E-state index contributed by atoms with van der Waals surface area (Å²) < 4.78 is 37.2. The van der Waals surface area contributed by atoms with Gasteiger partial charge >= 0.3 is 12.1 Å². The van der Waals surface area contributed by atoms with Crippen molar-refractivity contribution >= 4 is 23.2 Å². The van der Waals surface area contributed by atoms with Crippen molar-refractivity contribution in [3.8, 4) is 0 Å². The Morgan fingerprint density at radius 3 is 2.41 bits per heavy atom. The maximum Gasteiger partial charge on any atom is 0.435 e. The number of halogens is 3. The number of aromatic nitrogens is 1. The van der Waals surface area contributed by atoms with Gasteiger partial charge in [-0.15, -0.1) is 11.3 Å². The number of hydrogen-bond donors (Lipinski definition) is 2. The second-order valence-electron chi connectivity index (χ2n) is 3.00. The first kappa shape index (κ1) is 13.4. The van der Waals surface area contributed by atoms with Crippen LogP contribution in [0.5, 0.6) is 0 Å². The van der Waals surface area contributed by atoms with Gasteiger partial charge in [-0.2, -0.15) is 13.2 Å². The summed E-state index contributed by atoms with van der Waals surface area (Å²) in [6.07, 6.45) is -4.82. The average Bonchev–Trinajstić information content (AvgIpc) is 2.57. The molecule has 0 fully saturated rings. The van der Waals surface area contributed by atoms with E-state index in [9.17, 15) is 22.8 Å². The molecule has 5 nitrogen and oxygen atoms in total. The normalized spacial score (nSPS) is 11.3. The molecule has 0 aliphatic heterocycles. The van der Waals surface area contributed by atoms with Crippen molar-refractivity contribution in [3.63, 3.8) is 0 Å². The highest BCUT2D eigenvalue weighted by Crippen LogP contribution is 2.34. The van der Waals surface area contributed by atoms with Crippen molar-refractivity contribution in [1.29, 1.82) is 0 Å². The lowest BCUT2D eigenvalue weighted by atomic mass is 10.3. The standard InChI is InChI=1S/C8H7F3N2O3S/c1-3(14)12-2-4-13-6(8(9,10)11)5(17-4)7(15)16/h2H2,1H3,(H,12,14)(H,15,16). The SMILES string of the molecule is CC(=O)NCc1nc(C(F)(F)F)c(C(=O)O)s1. The van der Waals surface area contributed by atoms with Crippen LogP contribution in [0.15, 0.2) is 0 Å². The number of carbonyl (C=O) groups is 2. The van der Waals surface area contributed by atoms with E-state index in [0.29, 0.717) is 11.3 Å². The van der Waals surface area contributed by atoms with E-state index < -0.39 is 28.6 Å². The van der Waals surface area contributed by atoms with E-state index in [1.165, 1.54) is 6.92 Å². The molecule has 17 heavy (non-hydrogen) atoms. The largest absolute Gasteiger partial charge is 0.477 e. The minimum atomic E-state index is -4.82. The summed E-state index contributed by atoms with van der Waals surface area (Å²) >= 11 is 0.391. The van der Waals surface area contributed by atoms with Gasteiger partial charge < -0.3 is 10.4 Å². The zero-order valence-electron chi connectivity index (χ0n) is 8.46. The molecule has 1 heterocycles. The number of amides is 1. The van der Waals surface area contributed by atoms with E-state index in [1.54, 1.807) is 0 Å². The molecule has 0 saturated heterocycles. The van der Waals surface area contributed by atoms with Gasteiger partial charge in [0.1, 0.15) is 9.88 Å². The number of nitrogens with zero attached hydrogens (tertiary/aromatic N) is 1.